The Hall–Kier alpha value is -3.55. The second-order valence-corrected chi connectivity index (χ2v) is 8.43. The van der Waals surface area contributed by atoms with Crippen molar-refractivity contribution < 1.29 is 19.4 Å². The summed E-state index contributed by atoms with van der Waals surface area (Å²) in [6.07, 6.45) is 6.19. The Morgan fingerprint density at radius 3 is 2.76 bits per heavy atom. The summed E-state index contributed by atoms with van der Waals surface area (Å²) in [6.45, 7) is 3.84. The molecule has 1 N–H and O–H groups in total. The quantitative estimate of drug-likeness (QED) is 0.543. The summed E-state index contributed by atoms with van der Waals surface area (Å²) >= 11 is 0. The Kier molecular flexibility index (Phi) is 5.90. The van der Waals surface area contributed by atoms with Crippen molar-refractivity contribution in [1.29, 1.82) is 5.26 Å². The van der Waals surface area contributed by atoms with E-state index >= 15 is 0 Å². The third-order valence-electron chi connectivity index (χ3n) is 6.37. The van der Waals surface area contributed by atoms with E-state index in [0.29, 0.717) is 18.9 Å². The highest BCUT2D eigenvalue weighted by atomic mass is 16.5. The van der Waals surface area contributed by atoms with Crippen LogP contribution in [0.5, 0.6) is 5.88 Å². The minimum Gasteiger partial charge on any atom is -0.478 e. The summed E-state index contributed by atoms with van der Waals surface area (Å²) in [6, 6.07) is 6.65. The number of carboxylic acids is 1. The molecule has 3 aromatic rings. The maximum atomic E-state index is 11.5. The number of piperidine rings is 1. The van der Waals surface area contributed by atoms with Crippen molar-refractivity contribution in [2.24, 2.45) is 0 Å². The van der Waals surface area contributed by atoms with Gasteiger partial charge in [0.15, 0.2) is 0 Å². The van der Waals surface area contributed by atoms with Gasteiger partial charge in [-0.15, -0.1) is 5.26 Å². The van der Waals surface area contributed by atoms with Gasteiger partial charge in [0.1, 0.15) is 11.6 Å². The van der Waals surface area contributed by atoms with Gasteiger partial charge < -0.3 is 19.1 Å². The second-order valence-electron chi connectivity index (χ2n) is 8.43. The van der Waals surface area contributed by atoms with Crippen molar-refractivity contribution in [3.05, 3.63) is 47.7 Å². The zero-order valence-corrected chi connectivity index (χ0v) is 18.1. The number of hydrogen-bond donors (Lipinski definition) is 1. The lowest BCUT2D eigenvalue weighted by molar-refractivity contribution is -0.0592. The Bertz CT molecular complexity index is 1210. The second kappa shape index (κ2) is 9.13. The molecule has 4 heterocycles. The molecular formula is C23H24N6O4. The molecule has 33 heavy (non-hydrogen) atoms. The van der Waals surface area contributed by atoms with E-state index in [1.54, 1.807) is 36.7 Å². The average molecular weight is 448 g/mol. The molecule has 2 aliphatic heterocycles. The molecule has 2 fully saturated rings. The number of benzene rings is 1. The maximum absolute atomic E-state index is 11.5. The van der Waals surface area contributed by atoms with E-state index in [1.807, 2.05) is 0 Å². The molecule has 170 valence electrons. The summed E-state index contributed by atoms with van der Waals surface area (Å²) in [5.41, 5.74) is 1.89. The van der Waals surface area contributed by atoms with Crippen molar-refractivity contribution in [2.45, 2.75) is 44.4 Å². The van der Waals surface area contributed by atoms with Crippen LogP contribution >= 0.6 is 0 Å². The molecule has 5 rings (SSSR count). The topological polar surface area (TPSA) is 126 Å². The lowest BCUT2D eigenvalue weighted by atomic mass is 9.96. The smallest absolute Gasteiger partial charge is 0.335 e. The number of likely N-dealkylation sites (tertiary alicyclic amines) is 1. The first-order valence-electron chi connectivity index (χ1n) is 11.1. The number of hydrogen-bond acceptors (Lipinski definition) is 8. The normalized spacial score (nSPS) is 19.2. The molecule has 0 bridgehead atoms. The lowest BCUT2D eigenvalue weighted by Crippen LogP contribution is -2.35. The summed E-state index contributed by atoms with van der Waals surface area (Å²) in [4.78, 5) is 27.4. The van der Waals surface area contributed by atoms with Crippen molar-refractivity contribution in [1.82, 2.24) is 24.4 Å². The van der Waals surface area contributed by atoms with Gasteiger partial charge in [-0.1, -0.05) is 0 Å². The predicted molar refractivity (Wildman–Crippen MR) is 117 cm³/mol. The van der Waals surface area contributed by atoms with Gasteiger partial charge >= 0.3 is 5.97 Å². The van der Waals surface area contributed by atoms with Crippen molar-refractivity contribution in [2.75, 3.05) is 19.7 Å². The first-order valence-corrected chi connectivity index (χ1v) is 11.1. The van der Waals surface area contributed by atoms with Crippen molar-refractivity contribution >= 4 is 17.0 Å². The van der Waals surface area contributed by atoms with Crippen LogP contribution in [-0.2, 0) is 17.8 Å². The highest BCUT2D eigenvalue weighted by Crippen LogP contribution is 2.28. The van der Waals surface area contributed by atoms with Gasteiger partial charge in [0.25, 0.3) is 6.26 Å². The van der Waals surface area contributed by atoms with E-state index in [9.17, 15) is 9.90 Å². The average Bonchev–Trinajstić information content (AvgIpc) is 3.13. The lowest BCUT2D eigenvalue weighted by Gasteiger charge is -2.32. The fraction of sp³-hybridized carbons (Fsp3) is 0.435. The van der Waals surface area contributed by atoms with Gasteiger partial charge in [-0.05, 0) is 50.6 Å². The van der Waals surface area contributed by atoms with E-state index in [2.05, 4.69) is 19.4 Å². The minimum absolute atomic E-state index is 0.139. The third-order valence-corrected chi connectivity index (χ3v) is 6.37. The van der Waals surface area contributed by atoms with Gasteiger partial charge in [-0.25, -0.2) is 14.8 Å². The highest BCUT2D eigenvalue weighted by Gasteiger charge is 2.26. The van der Waals surface area contributed by atoms with Crippen LogP contribution < -0.4 is 4.74 Å². The van der Waals surface area contributed by atoms with Gasteiger partial charge in [-0.3, -0.25) is 4.90 Å². The molecule has 2 saturated heterocycles. The van der Waals surface area contributed by atoms with Crippen LogP contribution in [0.15, 0.2) is 30.5 Å². The number of imidazole rings is 1. The fourth-order valence-corrected chi connectivity index (χ4v) is 4.47. The first-order chi connectivity index (χ1) is 16.1. The van der Waals surface area contributed by atoms with Crippen LogP contribution in [0.2, 0.25) is 0 Å². The Balaban J connectivity index is 1.32. The largest absolute Gasteiger partial charge is 0.478 e. The number of aromatic carboxylic acids is 1. The number of nitriles is 1. The number of rotatable bonds is 7. The number of ether oxygens (including phenoxy) is 2. The predicted octanol–water partition coefficient (Wildman–Crippen LogP) is 2.55. The van der Waals surface area contributed by atoms with Crippen LogP contribution in [0.1, 0.15) is 47.2 Å². The number of fused-ring (bicyclic) bond motifs is 1. The summed E-state index contributed by atoms with van der Waals surface area (Å²) in [7, 11) is 0. The number of carboxylic acid groups (broad SMARTS) is 1. The fourth-order valence-electron chi connectivity index (χ4n) is 4.47. The zero-order chi connectivity index (χ0) is 22.8. The maximum Gasteiger partial charge on any atom is 0.335 e. The van der Waals surface area contributed by atoms with Crippen LogP contribution in [0, 0.1) is 11.5 Å². The number of aromatic nitrogens is 4. The van der Waals surface area contributed by atoms with Crippen molar-refractivity contribution in [3.63, 3.8) is 0 Å². The van der Waals surface area contributed by atoms with Crippen LogP contribution in [-0.4, -0.2) is 61.3 Å². The van der Waals surface area contributed by atoms with E-state index in [-0.39, 0.29) is 23.5 Å². The van der Waals surface area contributed by atoms with Crippen LogP contribution in [0.4, 0.5) is 0 Å². The summed E-state index contributed by atoms with van der Waals surface area (Å²) in [5, 5.41) is 18.1. The van der Waals surface area contributed by atoms with Crippen LogP contribution in [0.25, 0.3) is 11.0 Å². The van der Waals surface area contributed by atoms with Gasteiger partial charge in [-0.2, -0.15) is 4.98 Å². The molecule has 1 atom stereocenters. The first kappa shape index (κ1) is 21.3. The monoisotopic (exact) mass is 448 g/mol. The molecule has 0 saturated carbocycles. The number of carbonyl (C=O) groups is 1. The molecule has 10 nitrogen and oxygen atoms in total. The molecule has 2 aromatic heterocycles. The Morgan fingerprint density at radius 2 is 2.06 bits per heavy atom. The zero-order valence-electron chi connectivity index (χ0n) is 18.1. The standard InChI is InChI=1S/C23H24N6O4/c24-14-33-21-3-7-25-22(27-21)15-4-8-28(9-5-15)13-20-26-18-2-1-16(23(30)31)11-19(18)29(20)12-17-6-10-32-17/h1-3,7,11,15,17H,4-6,8-10,12-13H2,(H,30,31)/t17-/m0/s1. The van der Waals surface area contributed by atoms with Gasteiger partial charge in [0, 0.05) is 24.8 Å². The van der Waals surface area contributed by atoms with Crippen molar-refractivity contribution in [3.8, 4) is 12.1 Å². The molecule has 0 aliphatic carbocycles. The molecular weight excluding hydrogens is 424 g/mol. The van der Waals surface area contributed by atoms with E-state index in [1.165, 1.54) is 0 Å². The van der Waals surface area contributed by atoms with Gasteiger partial charge in [0.05, 0.1) is 35.8 Å². The minimum atomic E-state index is -0.945. The molecule has 0 amide bonds. The van der Waals surface area contributed by atoms with E-state index in [0.717, 1.165) is 55.8 Å². The van der Waals surface area contributed by atoms with Gasteiger partial charge in [0.2, 0.25) is 5.88 Å². The van der Waals surface area contributed by atoms with E-state index in [4.69, 9.17) is 19.7 Å². The third kappa shape index (κ3) is 4.51. The van der Waals surface area contributed by atoms with Crippen LogP contribution in [0.3, 0.4) is 0 Å². The Morgan fingerprint density at radius 1 is 1.24 bits per heavy atom. The molecule has 10 heteroatoms. The SMILES string of the molecule is N#COc1ccnc(C2CCN(Cc3nc4ccc(C(=O)O)cc4n3C[C@@H]3CCO3)CC2)n1. The highest BCUT2D eigenvalue weighted by molar-refractivity contribution is 5.92. The molecule has 1 aromatic carbocycles. The van der Waals surface area contributed by atoms with E-state index < -0.39 is 5.97 Å². The molecule has 2 aliphatic rings. The number of nitrogens with zero attached hydrogens (tertiary/aromatic N) is 6. The summed E-state index contributed by atoms with van der Waals surface area (Å²) in [5.74, 6) is 1.17. The molecule has 0 spiro atoms. The summed E-state index contributed by atoms with van der Waals surface area (Å²) < 4.78 is 12.6. The Labute approximate surface area is 190 Å². The molecule has 0 unspecified atom stereocenters. The molecule has 0 radical (unpaired) electrons.